The molecule has 33 heavy (non-hydrogen) atoms. The molecule has 5 rings (SSSR count). The third-order valence-electron chi connectivity index (χ3n) is 6.75. The maximum Gasteiger partial charge on any atom is 0.280 e. The van der Waals surface area contributed by atoms with Crippen LogP contribution in [-0.4, -0.2) is 66.6 Å². The molecule has 2 amide bonds. The molecule has 4 atom stereocenters. The predicted octanol–water partition coefficient (Wildman–Crippen LogP) is 2.21. The van der Waals surface area contributed by atoms with E-state index in [1.54, 1.807) is 7.11 Å². The van der Waals surface area contributed by atoms with Crippen molar-refractivity contribution in [1.82, 2.24) is 20.5 Å². The Hall–Kier alpha value is -2.20. The van der Waals surface area contributed by atoms with E-state index >= 15 is 0 Å². The number of rotatable bonds is 5. The summed E-state index contributed by atoms with van der Waals surface area (Å²) < 4.78 is 5.56. The van der Waals surface area contributed by atoms with E-state index in [1.807, 2.05) is 18.2 Å². The highest BCUT2D eigenvalue weighted by Gasteiger charge is 2.39. The third kappa shape index (κ3) is 4.73. The first-order chi connectivity index (χ1) is 15.9. The smallest absolute Gasteiger partial charge is 0.280 e. The van der Waals surface area contributed by atoms with E-state index in [4.69, 9.17) is 16.3 Å². The minimum absolute atomic E-state index is 0.0220. The van der Waals surface area contributed by atoms with Crippen LogP contribution >= 0.6 is 22.9 Å². The Morgan fingerprint density at radius 1 is 1.27 bits per heavy atom. The van der Waals surface area contributed by atoms with Gasteiger partial charge >= 0.3 is 0 Å². The van der Waals surface area contributed by atoms with E-state index in [2.05, 4.69) is 32.9 Å². The molecule has 0 radical (unpaired) electrons. The predicted molar refractivity (Wildman–Crippen MR) is 128 cm³/mol. The number of thiazole rings is 1. The molecule has 3 heterocycles. The summed E-state index contributed by atoms with van der Waals surface area (Å²) in [5.74, 6) is -0.268. The Kier molecular flexibility index (Phi) is 6.30. The summed E-state index contributed by atoms with van der Waals surface area (Å²) in [6.45, 7) is 1.78. The Morgan fingerprint density at radius 3 is 2.85 bits per heavy atom. The van der Waals surface area contributed by atoms with Crippen LogP contribution in [0.1, 0.15) is 38.8 Å². The summed E-state index contributed by atoms with van der Waals surface area (Å²) in [6, 6.07) is 4.82. The average molecular weight is 490 g/mol. The molecule has 1 aromatic carbocycles. The Labute approximate surface area is 202 Å². The molecule has 2 aromatic rings. The molecule has 176 valence electrons. The highest BCUT2D eigenvalue weighted by Crippen LogP contribution is 2.30. The van der Waals surface area contributed by atoms with Crippen LogP contribution in [0.3, 0.4) is 0 Å². The minimum atomic E-state index is -0.362. The van der Waals surface area contributed by atoms with Gasteiger partial charge in [0.25, 0.3) is 5.91 Å². The number of nitrogens with one attached hydrogen (secondary N) is 3. The fourth-order valence-corrected chi connectivity index (χ4v) is 6.21. The quantitative estimate of drug-likeness (QED) is 0.596. The average Bonchev–Trinajstić information content (AvgIpc) is 3.49. The number of halogens is 1. The van der Waals surface area contributed by atoms with Gasteiger partial charge in [0.2, 0.25) is 5.91 Å². The number of aromatic nitrogens is 1. The van der Waals surface area contributed by atoms with Gasteiger partial charge in [-0.1, -0.05) is 11.6 Å². The molecular weight excluding hydrogens is 462 g/mol. The number of methoxy groups -OCH3 is 1. The van der Waals surface area contributed by atoms with Crippen molar-refractivity contribution >= 4 is 40.4 Å². The molecule has 8 nitrogen and oxygen atoms in total. The van der Waals surface area contributed by atoms with E-state index in [1.165, 1.54) is 11.3 Å². The fraction of sp³-hybridized carbons (Fsp3) is 0.522. The normalized spacial score (nSPS) is 26.4. The monoisotopic (exact) mass is 489 g/mol. The highest BCUT2D eigenvalue weighted by atomic mass is 35.5. The van der Waals surface area contributed by atoms with Gasteiger partial charge in [-0.3, -0.25) is 9.59 Å². The van der Waals surface area contributed by atoms with Crippen molar-refractivity contribution in [3.05, 3.63) is 44.4 Å². The second kappa shape index (κ2) is 9.21. The van der Waals surface area contributed by atoms with Crippen LogP contribution < -0.4 is 16.0 Å². The van der Waals surface area contributed by atoms with Gasteiger partial charge in [-0.05, 0) is 43.7 Å². The topological polar surface area (TPSA) is 95.6 Å². The van der Waals surface area contributed by atoms with Gasteiger partial charge in [0, 0.05) is 48.6 Å². The van der Waals surface area contributed by atoms with Gasteiger partial charge in [0.05, 0.1) is 23.9 Å². The molecule has 3 aliphatic rings. The van der Waals surface area contributed by atoms with Crippen molar-refractivity contribution in [3.63, 3.8) is 0 Å². The summed E-state index contributed by atoms with van der Waals surface area (Å²) in [4.78, 5) is 34.0. The first kappa shape index (κ1) is 22.6. The number of hydrogen-bond donors (Lipinski definition) is 3. The zero-order valence-corrected chi connectivity index (χ0v) is 20.3. The number of benzene rings is 1. The molecule has 1 aromatic heterocycles. The number of nitrogens with zero attached hydrogens (tertiary/aromatic N) is 2. The number of fused-ring (bicyclic) bond motifs is 2. The van der Waals surface area contributed by atoms with Gasteiger partial charge in [-0.2, -0.15) is 0 Å². The van der Waals surface area contributed by atoms with E-state index in [0.29, 0.717) is 29.3 Å². The van der Waals surface area contributed by atoms with Crippen molar-refractivity contribution in [1.29, 1.82) is 0 Å². The summed E-state index contributed by atoms with van der Waals surface area (Å²) in [5.41, 5.74) is 3.00. The Bertz CT molecular complexity index is 1080. The molecule has 0 bridgehead atoms. The molecule has 0 saturated heterocycles. The largest absolute Gasteiger partial charge is 0.381 e. The maximum absolute atomic E-state index is 13.0. The van der Waals surface area contributed by atoms with E-state index < -0.39 is 0 Å². The first-order valence-corrected chi connectivity index (χ1v) is 12.4. The molecule has 2 unspecified atom stereocenters. The van der Waals surface area contributed by atoms with Crippen LogP contribution in [0.15, 0.2) is 18.2 Å². The molecular formula is C23H28ClN5O3S. The summed E-state index contributed by atoms with van der Waals surface area (Å²) in [6.07, 6.45) is 2.72. The number of likely N-dealkylation sites (N-methyl/N-ethyl adjacent to an activating group) is 1. The summed E-state index contributed by atoms with van der Waals surface area (Å²) >= 11 is 7.55. The van der Waals surface area contributed by atoms with E-state index in [0.717, 1.165) is 41.3 Å². The minimum Gasteiger partial charge on any atom is -0.381 e. The first-order valence-electron chi connectivity index (χ1n) is 11.3. The molecule has 1 aliphatic carbocycles. The SMILES string of the molecule is COC1C[C@@H](NC(=O)c2nc3c(s2)CN(C)CC3)[C@H](NC(=O)C2Cc3cc(Cl)ccc3N2)C1. The molecule has 1 fully saturated rings. The summed E-state index contributed by atoms with van der Waals surface area (Å²) in [5, 5.41) is 10.7. The van der Waals surface area contributed by atoms with Crippen molar-refractivity contribution in [2.75, 3.05) is 26.0 Å². The van der Waals surface area contributed by atoms with Gasteiger partial charge in [-0.15, -0.1) is 11.3 Å². The highest BCUT2D eigenvalue weighted by molar-refractivity contribution is 7.13. The van der Waals surface area contributed by atoms with Gasteiger partial charge in [-0.25, -0.2) is 4.98 Å². The lowest BCUT2D eigenvalue weighted by molar-refractivity contribution is -0.122. The van der Waals surface area contributed by atoms with Crippen molar-refractivity contribution in [2.24, 2.45) is 0 Å². The van der Waals surface area contributed by atoms with Crippen LogP contribution in [0.5, 0.6) is 0 Å². The number of carbonyl (C=O) groups is 2. The lowest BCUT2D eigenvalue weighted by Crippen LogP contribution is -2.51. The third-order valence-corrected chi connectivity index (χ3v) is 8.07. The molecule has 2 aliphatic heterocycles. The molecule has 1 saturated carbocycles. The number of anilines is 1. The van der Waals surface area contributed by atoms with Crippen molar-refractivity contribution in [3.8, 4) is 0 Å². The zero-order chi connectivity index (χ0) is 23.1. The second-order valence-corrected chi connectivity index (χ2v) is 10.6. The van der Waals surface area contributed by atoms with Crippen LogP contribution in [0.2, 0.25) is 5.02 Å². The van der Waals surface area contributed by atoms with E-state index in [-0.39, 0.29) is 36.0 Å². The van der Waals surface area contributed by atoms with Crippen molar-refractivity contribution in [2.45, 2.75) is 56.5 Å². The number of carbonyl (C=O) groups excluding carboxylic acids is 2. The second-order valence-electron chi connectivity index (χ2n) is 9.10. The lowest BCUT2D eigenvalue weighted by atomic mass is 10.1. The number of amides is 2. The summed E-state index contributed by atoms with van der Waals surface area (Å²) in [7, 11) is 3.74. The van der Waals surface area contributed by atoms with Gasteiger partial charge in [0.1, 0.15) is 6.04 Å². The number of hydrogen-bond acceptors (Lipinski definition) is 7. The molecule has 10 heteroatoms. The lowest BCUT2D eigenvalue weighted by Gasteiger charge is -2.23. The van der Waals surface area contributed by atoms with Crippen molar-refractivity contribution < 1.29 is 14.3 Å². The van der Waals surface area contributed by atoms with Crippen LogP contribution in [0.25, 0.3) is 0 Å². The van der Waals surface area contributed by atoms with Gasteiger partial charge in [0.15, 0.2) is 5.01 Å². The van der Waals surface area contributed by atoms with Crippen LogP contribution in [0, 0.1) is 0 Å². The zero-order valence-electron chi connectivity index (χ0n) is 18.7. The maximum atomic E-state index is 13.0. The Morgan fingerprint density at radius 2 is 2.06 bits per heavy atom. The van der Waals surface area contributed by atoms with Gasteiger partial charge < -0.3 is 25.6 Å². The van der Waals surface area contributed by atoms with Crippen LogP contribution in [-0.2, 0) is 28.9 Å². The molecule has 3 N–H and O–H groups in total. The van der Waals surface area contributed by atoms with Crippen LogP contribution in [0.4, 0.5) is 5.69 Å². The fourth-order valence-electron chi connectivity index (χ4n) is 4.93. The standard InChI is InChI=1S/C23H28ClN5O3S/c1-29-6-5-16-20(11-29)33-23(28-16)22(31)27-18-10-14(32-2)9-17(18)26-21(30)19-8-12-7-13(24)3-4-15(12)25-19/h3-4,7,14,17-19,25H,5-6,8-11H2,1-2H3,(H,26,30)(H,27,31)/t14?,17-,18-,19?/m1/s1. The molecule has 0 spiro atoms. The number of ether oxygens (including phenoxy) is 1. The Balaban J connectivity index is 1.24. The van der Waals surface area contributed by atoms with E-state index in [9.17, 15) is 9.59 Å².